The molecule has 1 fully saturated rings. The predicted molar refractivity (Wildman–Crippen MR) is 60.4 cm³/mol. The van der Waals surface area contributed by atoms with Gasteiger partial charge in [0.25, 0.3) is 0 Å². The first-order chi connectivity index (χ1) is 7.75. The standard InChI is InChI=1S/C13H15NO2/c1-16-12(15)10-2-3-11-9(8-10)4-5-13(11)6-7-14-13/h2-3,8,14H,4-7H2,1H3/t13-/m1/s1. The van der Waals surface area contributed by atoms with Gasteiger partial charge in [-0.3, -0.25) is 0 Å². The molecular weight excluding hydrogens is 202 g/mol. The van der Waals surface area contributed by atoms with Gasteiger partial charge in [0.15, 0.2) is 0 Å². The molecule has 1 aromatic carbocycles. The van der Waals surface area contributed by atoms with Gasteiger partial charge in [-0.05, 0) is 49.1 Å². The van der Waals surface area contributed by atoms with E-state index >= 15 is 0 Å². The summed E-state index contributed by atoms with van der Waals surface area (Å²) in [5.74, 6) is -0.245. The van der Waals surface area contributed by atoms with E-state index in [2.05, 4.69) is 11.4 Å². The monoisotopic (exact) mass is 217 g/mol. The fourth-order valence-corrected chi connectivity index (χ4v) is 2.87. The van der Waals surface area contributed by atoms with E-state index in [4.69, 9.17) is 4.74 Å². The number of ether oxygens (including phenoxy) is 1. The minimum absolute atomic E-state index is 0.226. The summed E-state index contributed by atoms with van der Waals surface area (Å²) in [5.41, 5.74) is 3.57. The number of carbonyl (C=O) groups excluding carboxylic acids is 1. The van der Waals surface area contributed by atoms with Crippen LogP contribution in [-0.2, 0) is 16.7 Å². The van der Waals surface area contributed by atoms with Gasteiger partial charge >= 0.3 is 5.97 Å². The van der Waals surface area contributed by atoms with E-state index in [0.717, 1.165) is 19.4 Å². The number of aryl methyl sites for hydroxylation is 1. The molecule has 1 N–H and O–H groups in total. The van der Waals surface area contributed by atoms with Gasteiger partial charge < -0.3 is 10.1 Å². The van der Waals surface area contributed by atoms with Crippen LogP contribution in [0.1, 0.15) is 34.3 Å². The Morgan fingerprint density at radius 3 is 2.88 bits per heavy atom. The third-order valence-corrected chi connectivity index (χ3v) is 3.88. The number of benzene rings is 1. The Labute approximate surface area is 94.8 Å². The third-order valence-electron chi connectivity index (χ3n) is 3.88. The molecule has 0 unspecified atom stereocenters. The number of hydrogen-bond acceptors (Lipinski definition) is 3. The second-order valence-electron chi connectivity index (χ2n) is 4.62. The van der Waals surface area contributed by atoms with Gasteiger partial charge in [0.1, 0.15) is 0 Å². The first-order valence-electron chi connectivity index (χ1n) is 5.72. The van der Waals surface area contributed by atoms with Crippen LogP contribution in [0.3, 0.4) is 0 Å². The van der Waals surface area contributed by atoms with Crippen molar-refractivity contribution in [3.63, 3.8) is 0 Å². The van der Waals surface area contributed by atoms with Gasteiger partial charge in [0, 0.05) is 5.54 Å². The molecule has 1 saturated heterocycles. The summed E-state index contributed by atoms with van der Waals surface area (Å²) in [5, 5.41) is 3.52. The molecule has 0 amide bonds. The zero-order valence-electron chi connectivity index (χ0n) is 9.38. The van der Waals surface area contributed by atoms with Gasteiger partial charge in [-0.2, -0.15) is 0 Å². The third kappa shape index (κ3) is 1.21. The van der Waals surface area contributed by atoms with E-state index < -0.39 is 0 Å². The van der Waals surface area contributed by atoms with Gasteiger partial charge in [-0.1, -0.05) is 6.07 Å². The highest BCUT2D eigenvalue weighted by molar-refractivity contribution is 5.89. The fourth-order valence-electron chi connectivity index (χ4n) is 2.87. The Kier molecular flexibility index (Phi) is 2.04. The SMILES string of the molecule is COC(=O)c1ccc2c(c1)CC[C@@]21CCN1. The maximum Gasteiger partial charge on any atom is 0.337 e. The molecule has 3 rings (SSSR count). The molecule has 1 spiro atoms. The summed E-state index contributed by atoms with van der Waals surface area (Å²) >= 11 is 0. The Bertz CT molecular complexity index is 449. The van der Waals surface area contributed by atoms with E-state index in [-0.39, 0.29) is 11.5 Å². The van der Waals surface area contributed by atoms with Crippen molar-refractivity contribution in [1.82, 2.24) is 5.32 Å². The largest absolute Gasteiger partial charge is 0.465 e. The van der Waals surface area contributed by atoms with Crippen molar-refractivity contribution in [2.45, 2.75) is 24.8 Å². The number of fused-ring (bicyclic) bond motifs is 2. The first-order valence-corrected chi connectivity index (χ1v) is 5.72. The summed E-state index contributed by atoms with van der Waals surface area (Å²) in [6, 6.07) is 5.94. The van der Waals surface area contributed by atoms with Crippen LogP contribution in [0.5, 0.6) is 0 Å². The van der Waals surface area contributed by atoms with Crippen LogP contribution >= 0.6 is 0 Å². The van der Waals surface area contributed by atoms with Crippen LogP contribution in [0, 0.1) is 0 Å². The Balaban J connectivity index is 1.99. The lowest BCUT2D eigenvalue weighted by molar-refractivity contribution is 0.0600. The van der Waals surface area contributed by atoms with Crippen molar-refractivity contribution >= 4 is 5.97 Å². The van der Waals surface area contributed by atoms with Crippen LogP contribution in [0.25, 0.3) is 0 Å². The van der Waals surface area contributed by atoms with Crippen molar-refractivity contribution in [2.24, 2.45) is 0 Å². The second kappa shape index (κ2) is 3.32. The van der Waals surface area contributed by atoms with Crippen molar-refractivity contribution < 1.29 is 9.53 Å². The van der Waals surface area contributed by atoms with E-state index in [1.165, 1.54) is 24.7 Å². The van der Waals surface area contributed by atoms with Crippen LogP contribution in [0.2, 0.25) is 0 Å². The molecule has 1 aromatic rings. The summed E-state index contributed by atoms with van der Waals surface area (Å²) in [4.78, 5) is 11.4. The maximum absolute atomic E-state index is 11.4. The topological polar surface area (TPSA) is 38.3 Å². The van der Waals surface area contributed by atoms with Crippen LogP contribution in [-0.4, -0.2) is 19.6 Å². The minimum Gasteiger partial charge on any atom is -0.465 e. The zero-order chi connectivity index (χ0) is 11.2. The molecule has 3 heteroatoms. The van der Waals surface area contributed by atoms with Gasteiger partial charge in [0.2, 0.25) is 0 Å². The van der Waals surface area contributed by atoms with Crippen LogP contribution in [0.15, 0.2) is 18.2 Å². The molecule has 0 bridgehead atoms. The van der Waals surface area contributed by atoms with E-state index in [9.17, 15) is 4.79 Å². The van der Waals surface area contributed by atoms with E-state index in [1.807, 2.05) is 12.1 Å². The summed E-state index contributed by atoms with van der Waals surface area (Å²) in [7, 11) is 1.42. The molecule has 0 saturated carbocycles. The summed E-state index contributed by atoms with van der Waals surface area (Å²) in [6.45, 7) is 1.11. The fraction of sp³-hybridized carbons (Fsp3) is 0.462. The van der Waals surface area contributed by atoms with E-state index in [0.29, 0.717) is 5.56 Å². The lowest BCUT2D eigenvalue weighted by atomic mass is 9.82. The molecule has 0 aromatic heterocycles. The highest BCUT2D eigenvalue weighted by Crippen LogP contribution is 2.43. The predicted octanol–water partition coefficient (Wildman–Crippen LogP) is 1.61. The number of esters is 1. The molecular formula is C13H15NO2. The average Bonchev–Trinajstić information content (AvgIpc) is 2.66. The van der Waals surface area contributed by atoms with Crippen molar-refractivity contribution in [1.29, 1.82) is 0 Å². The Morgan fingerprint density at radius 2 is 2.25 bits per heavy atom. The van der Waals surface area contributed by atoms with Crippen molar-refractivity contribution in [3.05, 3.63) is 34.9 Å². The average molecular weight is 217 g/mol. The Hall–Kier alpha value is -1.35. The van der Waals surface area contributed by atoms with Crippen molar-refractivity contribution in [3.8, 4) is 0 Å². The molecule has 16 heavy (non-hydrogen) atoms. The van der Waals surface area contributed by atoms with Crippen LogP contribution < -0.4 is 5.32 Å². The highest BCUT2D eigenvalue weighted by Gasteiger charge is 2.43. The number of hydrogen-bond donors (Lipinski definition) is 1. The molecule has 1 aliphatic heterocycles. The van der Waals surface area contributed by atoms with Gasteiger partial charge in [-0.15, -0.1) is 0 Å². The number of rotatable bonds is 1. The second-order valence-corrected chi connectivity index (χ2v) is 4.62. The quantitative estimate of drug-likeness (QED) is 0.726. The molecule has 1 aliphatic carbocycles. The van der Waals surface area contributed by atoms with Gasteiger partial charge in [-0.25, -0.2) is 4.79 Å². The molecule has 2 aliphatic rings. The lowest BCUT2D eigenvalue weighted by Crippen LogP contribution is -2.52. The normalized spacial score (nSPS) is 26.3. The number of carbonyl (C=O) groups is 1. The maximum atomic E-state index is 11.4. The van der Waals surface area contributed by atoms with E-state index in [1.54, 1.807) is 0 Å². The highest BCUT2D eigenvalue weighted by atomic mass is 16.5. The summed E-state index contributed by atoms with van der Waals surface area (Å²) < 4.78 is 4.73. The smallest absolute Gasteiger partial charge is 0.337 e. The number of methoxy groups -OCH3 is 1. The molecule has 1 atom stereocenters. The van der Waals surface area contributed by atoms with Crippen molar-refractivity contribution in [2.75, 3.05) is 13.7 Å². The van der Waals surface area contributed by atoms with Crippen LogP contribution in [0.4, 0.5) is 0 Å². The number of nitrogens with one attached hydrogen (secondary N) is 1. The molecule has 3 nitrogen and oxygen atoms in total. The van der Waals surface area contributed by atoms with Gasteiger partial charge in [0.05, 0.1) is 12.7 Å². The molecule has 0 radical (unpaired) electrons. The Morgan fingerprint density at radius 1 is 1.44 bits per heavy atom. The lowest BCUT2D eigenvalue weighted by Gasteiger charge is -2.41. The summed E-state index contributed by atoms with van der Waals surface area (Å²) in [6.07, 6.45) is 3.44. The molecule has 84 valence electrons. The molecule has 1 heterocycles. The first kappa shape index (κ1) is 9.85. The zero-order valence-corrected chi connectivity index (χ0v) is 9.38. The minimum atomic E-state index is -0.245.